The first-order valence-corrected chi connectivity index (χ1v) is 6.43. The van der Waals surface area contributed by atoms with Gasteiger partial charge in [0, 0.05) is 17.5 Å². The summed E-state index contributed by atoms with van der Waals surface area (Å²) in [5.74, 6) is 1.35. The molecule has 1 aliphatic rings. The van der Waals surface area contributed by atoms with Crippen molar-refractivity contribution in [1.82, 2.24) is 9.97 Å². The van der Waals surface area contributed by atoms with Crippen molar-refractivity contribution in [3.63, 3.8) is 0 Å². The molecule has 1 aromatic carbocycles. The van der Waals surface area contributed by atoms with Gasteiger partial charge in [-0.25, -0.2) is 14.4 Å². The Kier molecular flexibility index (Phi) is 3.11. The van der Waals surface area contributed by atoms with Gasteiger partial charge < -0.3 is 4.74 Å². The molecule has 1 heterocycles. The fraction of sp³-hybridized carbons (Fsp3) is 0.286. The molecule has 98 valence electrons. The summed E-state index contributed by atoms with van der Waals surface area (Å²) in [7, 11) is 1.54. The summed E-state index contributed by atoms with van der Waals surface area (Å²) in [5, 5.41) is 0.373. The standard InChI is InChI=1S/C14H12ClFN2O/c1-19-12-5-4-9(16)6-10(12)11-7-13(15)18-14(17-11)8-2-3-8/h4-8H,2-3H2,1H3. The van der Waals surface area contributed by atoms with Gasteiger partial charge in [0.15, 0.2) is 0 Å². The van der Waals surface area contributed by atoms with E-state index in [9.17, 15) is 4.39 Å². The minimum absolute atomic E-state index is 0.335. The number of hydrogen-bond acceptors (Lipinski definition) is 3. The van der Waals surface area contributed by atoms with Crippen LogP contribution in [-0.4, -0.2) is 17.1 Å². The normalized spacial score (nSPS) is 14.5. The van der Waals surface area contributed by atoms with Gasteiger partial charge in [-0.2, -0.15) is 0 Å². The summed E-state index contributed by atoms with van der Waals surface area (Å²) < 4.78 is 18.6. The maximum atomic E-state index is 13.4. The SMILES string of the molecule is COc1ccc(F)cc1-c1cc(Cl)nc(C2CC2)n1. The number of benzene rings is 1. The third-order valence-corrected chi connectivity index (χ3v) is 3.29. The Morgan fingerprint density at radius 2 is 2.05 bits per heavy atom. The van der Waals surface area contributed by atoms with Gasteiger partial charge >= 0.3 is 0 Å². The van der Waals surface area contributed by atoms with Crippen LogP contribution in [0.3, 0.4) is 0 Å². The highest BCUT2D eigenvalue weighted by Gasteiger charge is 2.27. The van der Waals surface area contributed by atoms with Gasteiger partial charge in [-0.05, 0) is 31.0 Å². The van der Waals surface area contributed by atoms with E-state index in [2.05, 4.69) is 9.97 Å². The van der Waals surface area contributed by atoms with Gasteiger partial charge in [-0.3, -0.25) is 0 Å². The summed E-state index contributed by atoms with van der Waals surface area (Å²) in [5.41, 5.74) is 1.19. The average Bonchev–Trinajstić information content (AvgIpc) is 3.22. The number of ether oxygens (including phenoxy) is 1. The molecule has 0 spiro atoms. The van der Waals surface area contributed by atoms with Gasteiger partial charge in [0.2, 0.25) is 0 Å². The number of nitrogens with zero attached hydrogens (tertiary/aromatic N) is 2. The molecule has 3 nitrogen and oxygen atoms in total. The van der Waals surface area contributed by atoms with E-state index < -0.39 is 0 Å². The van der Waals surface area contributed by atoms with Crippen LogP contribution in [0.4, 0.5) is 4.39 Å². The Balaban J connectivity index is 2.12. The van der Waals surface area contributed by atoms with E-state index in [-0.39, 0.29) is 5.82 Å². The summed E-state index contributed by atoms with van der Waals surface area (Å²) >= 11 is 6.02. The van der Waals surface area contributed by atoms with E-state index >= 15 is 0 Å². The molecule has 2 aromatic rings. The zero-order chi connectivity index (χ0) is 13.4. The van der Waals surface area contributed by atoms with Crippen LogP contribution in [0.5, 0.6) is 5.75 Å². The molecular formula is C14H12ClFN2O. The lowest BCUT2D eigenvalue weighted by Gasteiger charge is -2.09. The predicted octanol–water partition coefficient (Wildman–Crippen LogP) is 3.82. The molecule has 0 unspecified atom stereocenters. The lowest BCUT2D eigenvalue weighted by Crippen LogP contribution is -1.97. The fourth-order valence-electron chi connectivity index (χ4n) is 1.98. The van der Waals surface area contributed by atoms with E-state index in [1.165, 1.54) is 12.1 Å². The van der Waals surface area contributed by atoms with Crippen LogP contribution < -0.4 is 4.74 Å². The van der Waals surface area contributed by atoms with Crippen LogP contribution >= 0.6 is 11.6 Å². The molecule has 0 radical (unpaired) electrons. The first-order chi connectivity index (χ1) is 9.17. The van der Waals surface area contributed by atoms with E-state index in [0.29, 0.717) is 28.1 Å². The number of rotatable bonds is 3. The summed E-state index contributed by atoms with van der Waals surface area (Å²) in [4.78, 5) is 8.69. The topological polar surface area (TPSA) is 35.0 Å². The van der Waals surface area contributed by atoms with Gasteiger partial charge in [0.05, 0.1) is 12.8 Å². The van der Waals surface area contributed by atoms with Crippen LogP contribution in [0, 0.1) is 5.82 Å². The van der Waals surface area contributed by atoms with Gasteiger partial charge in [0.25, 0.3) is 0 Å². The lowest BCUT2D eigenvalue weighted by molar-refractivity contribution is 0.415. The number of hydrogen-bond donors (Lipinski definition) is 0. The highest BCUT2D eigenvalue weighted by molar-refractivity contribution is 6.29. The first-order valence-electron chi connectivity index (χ1n) is 6.06. The Morgan fingerprint density at radius 1 is 1.26 bits per heavy atom. The second kappa shape index (κ2) is 4.78. The Labute approximate surface area is 115 Å². The predicted molar refractivity (Wildman–Crippen MR) is 71.0 cm³/mol. The third-order valence-electron chi connectivity index (χ3n) is 3.09. The van der Waals surface area contributed by atoms with Crippen LogP contribution in [0.15, 0.2) is 24.3 Å². The summed E-state index contributed by atoms with van der Waals surface area (Å²) in [6, 6.07) is 5.96. The van der Waals surface area contributed by atoms with Crippen molar-refractivity contribution in [2.75, 3.05) is 7.11 Å². The third kappa shape index (κ3) is 2.54. The molecule has 1 aliphatic carbocycles. The number of halogens is 2. The molecule has 3 rings (SSSR count). The van der Waals surface area contributed by atoms with Gasteiger partial charge in [0.1, 0.15) is 22.5 Å². The summed E-state index contributed by atoms with van der Waals surface area (Å²) in [6.45, 7) is 0. The first kappa shape index (κ1) is 12.4. The monoisotopic (exact) mass is 278 g/mol. The van der Waals surface area contributed by atoms with Crippen molar-refractivity contribution in [2.24, 2.45) is 0 Å². The van der Waals surface area contributed by atoms with E-state index in [1.807, 2.05) is 0 Å². The number of aromatic nitrogens is 2. The maximum Gasteiger partial charge on any atom is 0.133 e. The van der Waals surface area contributed by atoms with Crippen molar-refractivity contribution < 1.29 is 9.13 Å². The zero-order valence-electron chi connectivity index (χ0n) is 10.4. The lowest BCUT2D eigenvalue weighted by atomic mass is 10.1. The van der Waals surface area contributed by atoms with Crippen LogP contribution in [0.2, 0.25) is 5.15 Å². The van der Waals surface area contributed by atoms with Crippen LogP contribution in [0.1, 0.15) is 24.6 Å². The molecular weight excluding hydrogens is 267 g/mol. The molecule has 5 heteroatoms. The van der Waals surface area contributed by atoms with Crippen molar-refractivity contribution in [3.8, 4) is 17.0 Å². The Morgan fingerprint density at radius 3 is 2.74 bits per heavy atom. The molecule has 0 aliphatic heterocycles. The van der Waals surface area contributed by atoms with E-state index in [1.54, 1.807) is 19.2 Å². The highest BCUT2D eigenvalue weighted by Crippen LogP contribution is 2.40. The van der Waals surface area contributed by atoms with Crippen LogP contribution in [-0.2, 0) is 0 Å². The molecule has 1 saturated carbocycles. The molecule has 1 aromatic heterocycles. The Bertz CT molecular complexity index is 629. The van der Waals surface area contributed by atoms with Crippen molar-refractivity contribution in [1.29, 1.82) is 0 Å². The molecule has 0 atom stereocenters. The second-order valence-corrected chi connectivity index (χ2v) is 4.94. The maximum absolute atomic E-state index is 13.4. The van der Waals surface area contributed by atoms with Crippen molar-refractivity contribution in [3.05, 3.63) is 41.1 Å². The number of methoxy groups -OCH3 is 1. The molecule has 0 N–H and O–H groups in total. The molecule has 0 amide bonds. The molecule has 19 heavy (non-hydrogen) atoms. The molecule has 0 bridgehead atoms. The quantitative estimate of drug-likeness (QED) is 0.801. The highest BCUT2D eigenvalue weighted by atomic mass is 35.5. The van der Waals surface area contributed by atoms with Crippen molar-refractivity contribution >= 4 is 11.6 Å². The average molecular weight is 279 g/mol. The van der Waals surface area contributed by atoms with E-state index in [4.69, 9.17) is 16.3 Å². The van der Waals surface area contributed by atoms with Gasteiger partial charge in [-0.1, -0.05) is 11.6 Å². The van der Waals surface area contributed by atoms with Gasteiger partial charge in [-0.15, -0.1) is 0 Å². The molecule has 0 saturated heterocycles. The fourth-order valence-corrected chi connectivity index (χ4v) is 2.17. The zero-order valence-corrected chi connectivity index (χ0v) is 11.1. The second-order valence-electron chi connectivity index (χ2n) is 4.55. The molecule has 1 fully saturated rings. The minimum Gasteiger partial charge on any atom is -0.496 e. The summed E-state index contributed by atoms with van der Waals surface area (Å²) in [6.07, 6.45) is 2.17. The Hall–Kier alpha value is -1.68. The minimum atomic E-state index is -0.335. The van der Waals surface area contributed by atoms with Crippen molar-refractivity contribution in [2.45, 2.75) is 18.8 Å². The largest absolute Gasteiger partial charge is 0.496 e. The van der Waals surface area contributed by atoms with E-state index in [0.717, 1.165) is 18.7 Å². The smallest absolute Gasteiger partial charge is 0.133 e. The van der Waals surface area contributed by atoms with Crippen LogP contribution in [0.25, 0.3) is 11.3 Å².